The van der Waals surface area contributed by atoms with E-state index in [2.05, 4.69) is 0 Å². The normalized spacial score (nSPS) is 27.1. The van der Waals surface area contributed by atoms with Crippen molar-refractivity contribution in [1.82, 2.24) is 0 Å². The van der Waals surface area contributed by atoms with E-state index in [4.69, 9.17) is 29.0 Å². The zero-order valence-corrected chi connectivity index (χ0v) is 14.3. The van der Waals surface area contributed by atoms with Crippen LogP contribution in [0, 0.1) is 0 Å². The summed E-state index contributed by atoms with van der Waals surface area (Å²) in [5, 5.41) is 0. The molecule has 6 heteroatoms. The fourth-order valence-electron chi connectivity index (χ4n) is 3.01. The van der Waals surface area contributed by atoms with Crippen LogP contribution in [0.25, 0.3) is 0 Å². The largest absolute Gasteiger partial charge is 0.352 e. The first kappa shape index (κ1) is 19.1. The summed E-state index contributed by atoms with van der Waals surface area (Å²) < 4.78 is 10.9. The van der Waals surface area contributed by atoms with Gasteiger partial charge >= 0.3 is 0 Å². The average Bonchev–Trinajstić information content (AvgIpc) is 2.80. The molecule has 0 radical (unpaired) electrons. The summed E-state index contributed by atoms with van der Waals surface area (Å²) in [6.07, 6.45) is 12.9. The minimum Gasteiger partial charge on any atom is -0.352 e. The van der Waals surface area contributed by atoms with Gasteiger partial charge < -0.3 is 9.47 Å². The van der Waals surface area contributed by atoms with E-state index in [1.807, 2.05) is 0 Å². The Labute approximate surface area is 139 Å². The van der Waals surface area contributed by atoms with Crippen LogP contribution in [0.5, 0.6) is 0 Å². The first-order valence-electron chi connectivity index (χ1n) is 9.18. The summed E-state index contributed by atoms with van der Waals surface area (Å²) in [5.41, 5.74) is 0. The van der Waals surface area contributed by atoms with Crippen molar-refractivity contribution in [3.8, 4) is 0 Å². The molecule has 0 amide bonds. The summed E-state index contributed by atoms with van der Waals surface area (Å²) in [5.74, 6) is -0.836. The van der Waals surface area contributed by atoms with E-state index in [-0.39, 0.29) is 13.6 Å². The molecule has 0 N–H and O–H groups in total. The lowest BCUT2D eigenvalue weighted by Crippen LogP contribution is -2.36. The Morgan fingerprint density at radius 1 is 0.478 bits per heavy atom. The van der Waals surface area contributed by atoms with Crippen LogP contribution in [-0.2, 0) is 29.0 Å². The standard InChI is InChI=1S/C17H32O6/c1-2-6-10-14-19-16-21-23-17(11-7-3-4-8-12-17)22-20-15-18-13-9-5-1/h1-16H2. The summed E-state index contributed by atoms with van der Waals surface area (Å²) in [6.45, 7) is 1.66. The molecule has 1 heterocycles. The molecule has 1 spiro atoms. The lowest BCUT2D eigenvalue weighted by Gasteiger charge is -2.29. The Morgan fingerprint density at radius 2 is 0.913 bits per heavy atom. The highest BCUT2D eigenvalue weighted by Crippen LogP contribution is 2.32. The fraction of sp³-hybridized carbons (Fsp3) is 1.00. The van der Waals surface area contributed by atoms with E-state index >= 15 is 0 Å². The van der Waals surface area contributed by atoms with Crippen molar-refractivity contribution in [2.45, 2.75) is 82.8 Å². The molecule has 1 saturated heterocycles. The lowest BCUT2D eigenvalue weighted by atomic mass is 10.1. The molecule has 2 fully saturated rings. The minimum atomic E-state index is -0.836. The molecule has 1 aliphatic heterocycles. The second kappa shape index (κ2) is 12.2. The third-order valence-corrected chi connectivity index (χ3v) is 4.38. The summed E-state index contributed by atoms with van der Waals surface area (Å²) in [4.78, 5) is 21.6. The van der Waals surface area contributed by atoms with Crippen molar-refractivity contribution in [1.29, 1.82) is 0 Å². The van der Waals surface area contributed by atoms with Crippen molar-refractivity contribution in [3.63, 3.8) is 0 Å². The van der Waals surface area contributed by atoms with Gasteiger partial charge in [-0.15, -0.1) is 0 Å². The molecule has 0 atom stereocenters. The van der Waals surface area contributed by atoms with Crippen molar-refractivity contribution < 1.29 is 29.0 Å². The van der Waals surface area contributed by atoms with Gasteiger partial charge in [-0.25, -0.2) is 9.78 Å². The molecule has 136 valence electrons. The summed E-state index contributed by atoms with van der Waals surface area (Å²) >= 11 is 0. The molecule has 1 saturated carbocycles. The maximum atomic E-state index is 5.55. The Bertz CT molecular complexity index is 258. The fourth-order valence-corrected chi connectivity index (χ4v) is 3.01. The van der Waals surface area contributed by atoms with E-state index in [9.17, 15) is 0 Å². The molecule has 6 nitrogen and oxygen atoms in total. The van der Waals surface area contributed by atoms with Crippen LogP contribution in [0.4, 0.5) is 0 Å². The van der Waals surface area contributed by atoms with E-state index in [1.165, 1.54) is 38.5 Å². The highest BCUT2D eigenvalue weighted by molar-refractivity contribution is 4.71. The molecule has 1 aliphatic carbocycles. The van der Waals surface area contributed by atoms with Crippen molar-refractivity contribution in [2.24, 2.45) is 0 Å². The van der Waals surface area contributed by atoms with Crippen molar-refractivity contribution in [2.75, 3.05) is 26.8 Å². The van der Waals surface area contributed by atoms with Crippen LogP contribution in [-0.4, -0.2) is 32.6 Å². The molecule has 2 aliphatic rings. The first-order chi connectivity index (χ1) is 11.4. The SMILES string of the molecule is C1CCCCOCOOC2(CCCCCC2)OOCOCCC1. The molecule has 0 aromatic heterocycles. The third kappa shape index (κ3) is 8.42. The minimum absolute atomic E-state index is 0.127. The highest BCUT2D eigenvalue weighted by Gasteiger charge is 2.36. The molecule has 23 heavy (non-hydrogen) atoms. The van der Waals surface area contributed by atoms with Gasteiger partial charge in [-0.05, 0) is 25.7 Å². The van der Waals surface area contributed by atoms with Gasteiger partial charge in [0.1, 0.15) is 0 Å². The average molecular weight is 332 g/mol. The second-order valence-corrected chi connectivity index (χ2v) is 6.40. The molecular formula is C17H32O6. The zero-order chi connectivity index (χ0) is 16.1. The molecular weight excluding hydrogens is 300 g/mol. The molecule has 0 aromatic rings. The van der Waals surface area contributed by atoms with Gasteiger partial charge in [0.15, 0.2) is 13.6 Å². The number of ether oxygens (including phenoxy) is 2. The Hall–Kier alpha value is -0.240. The second-order valence-electron chi connectivity index (χ2n) is 6.40. The lowest BCUT2D eigenvalue weighted by molar-refractivity contribution is -0.531. The Balaban J connectivity index is 1.78. The van der Waals surface area contributed by atoms with Crippen LogP contribution in [0.1, 0.15) is 77.0 Å². The van der Waals surface area contributed by atoms with Crippen LogP contribution in [0.15, 0.2) is 0 Å². The predicted molar refractivity (Wildman–Crippen MR) is 84.1 cm³/mol. The van der Waals surface area contributed by atoms with Gasteiger partial charge in [0.05, 0.1) is 0 Å². The smallest absolute Gasteiger partial charge is 0.234 e. The van der Waals surface area contributed by atoms with Gasteiger partial charge in [0.25, 0.3) is 0 Å². The third-order valence-electron chi connectivity index (χ3n) is 4.38. The van der Waals surface area contributed by atoms with Gasteiger partial charge in [-0.1, -0.05) is 38.5 Å². The monoisotopic (exact) mass is 332 g/mol. The maximum absolute atomic E-state index is 5.55. The van der Waals surface area contributed by atoms with Crippen LogP contribution in [0.3, 0.4) is 0 Å². The Kier molecular flexibility index (Phi) is 10.1. The van der Waals surface area contributed by atoms with Gasteiger partial charge in [0, 0.05) is 26.1 Å². The van der Waals surface area contributed by atoms with E-state index in [1.54, 1.807) is 0 Å². The summed E-state index contributed by atoms with van der Waals surface area (Å²) in [6, 6.07) is 0. The van der Waals surface area contributed by atoms with Gasteiger partial charge in [0.2, 0.25) is 5.79 Å². The summed E-state index contributed by atoms with van der Waals surface area (Å²) in [7, 11) is 0. The molecule has 2 rings (SSSR count). The zero-order valence-electron chi connectivity index (χ0n) is 14.3. The van der Waals surface area contributed by atoms with Crippen LogP contribution in [0.2, 0.25) is 0 Å². The van der Waals surface area contributed by atoms with Gasteiger partial charge in [-0.3, -0.25) is 0 Å². The Morgan fingerprint density at radius 3 is 1.43 bits per heavy atom. The van der Waals surface area contributed by atoms with Crippen molar-refractivity contribution in [3.05, 3.63) is 0 Å². The van der Waals surface area contributed by atoms with Crippen LogP contribution < -0.4 is 0 Å². The molecule has 0 unspecified atom stereocenters. The maximum Gasteiger partial charge on any atom is 0.234 e. The molecule has 0 bridgehead atoms. The molecule has 0 aromatic carbocycles. The van der Waals surface area contributed by atoms with E-state index in [0.29, 0.717) is 13.2 Å². The number of hydrogen-bond donors (Lipinski definition) is 0. The van der Waals surface area contributed by atoms with E-state index < -0.39 is 5.79 Å². The van der Waals surface area contributed by atoms with E-state index in [0.717, 1.165) is 38.5 Å². The number of rotatable bonds is 0. The number of hydrogen-bond acceptors (Lipinski definition) is 6. The van der Waals surface area contributed by atoms with Crippen molar-refractivity contribution >= 4 is 0 Å². The predicted octanol–water partition coefficient (Wildman–Crippen LogP) is 4.24. The quantitative estimate of drug-likeness (QED) is 0.619. The van der Waals surface area contributed by atoms with Crippen LogP contribution >= 0.6 is 0 Å². The topological polar surface area (TPSA) is 55.4 Å². The first-order valence-corrected chi connectivity index (χ1v) is 9.18. The van der Waals surface area contributed by atoms with Gasteiger partial charge in [-0.2, -0.15) is 9.78 Å². The highest BCUT2D eigenvalue weighted by atomic mass is 17.3.